The minimum Gasteiger partial charge on any atom is -0.506 e. The van der Waals surface area contributed by atoms with Crippen molar-refractivity contribution in [1.82, 2.24) is 5.32 Å². The first-order chi connectivity index (χ1) is 14.5. The predicted octanol–water partition coefficient (Wildman–Crippen LogP) is 5.46. The third kappa shape index (κ3) is 3.85. The number of hydrogen-bond acceptors (Lipinski definition) is 4. The number of aromatic hydroxyl groups is 1. The van der Waals surface area contributed by atoms with Crippen molar-refractivity contribution in [2.45, 2.75) is 36.6 Å². The maximum Gasteiger partial charge on any atom is 0.138 e. The van der Waals surface area contributed by atoms with Crippen LogP contribution >= 0.6 is 11.6 Å². The van der Waals surface area contributed by atoms with Crippen molar-refractivity contribution in [2.75, 3.05) is 18.0 Å². The van der Waals surface area contributed by atoms with Crippen LogP contribution < -0.4 is 10.2 Å². The van der Waals surface area contributed by atoms with Crippen LogP contribution in [-0.2, 0) is 17.3 Å². The van der Waals surface area contributed by atoms with Crippen LogP contribution in [0.4, 0.5) is 11.4 Å². The molecule has 1 aliphatic rings. The monoisotopic (exact) mass is 440 g/mol. The zero-order valence-corrected chi connectivity index (χ0v) is 18.7. The van der Waals surface area contributed by atoms with Gasteiger partial charge in [0.05, 0.1) is 37.0 Å². The Labute approximate surface area is 185 Å². The van der Waals surface area contributed by atoms with Gasteiger partial charge in [0.15, 0.2) is 0 Å². The molecule has 1 heterocycles. The van der Waals surface area contributed by atoms with E-state index in [1.165, 1.54) is 11.1 Å². The van der Waals surface area contributed by atoms with Crippen LogP contribution in [0.15, 0.2) is 64.4 Å². The van der Waals surface area contributed by atoms with Gasteiger partial charge in [-0.3, -0.25) is 0 Å². The Morgan fingerprint density at radius 1 is 1.03 bits per heavy atom. The van der Waals surface area contributed by atoms with Crippen molar-refractivity contribution in [3.8, 4) is 5.75 Å². The van der Waals surface area contributed by atoms with Gasteiger partial charge in [-0.05, 0) is 62.2 Å². The van der Waals surface area contributed by atoms with E-state index in [-0.39, 0.29) is 5.75 Å². The number of para-hydroxylation sites is 2. The number of phenolic OH excluding ortho intramolecular Hbond substituents is 1. The number of nitrogens with one attached hydrogen (secondary N) is 1. The largest absolute Gasteiger partial charge is 0.506 e. The number of halogens is 1. The van der Waals surface area contributed by atoms with Gasteiger partial charge in [-0.15, -0.1) is 0 Å². The van der Waals surface area contributed by atoms with Crippen LogP contribution in [-0.4, -0.2) is 22.4 Å². The standard InChI is InChI=1S/C24H25ClN2O2S/c1-16-11-12-22-23(17(16)2)27(20-9-3-4-10-21(20)30(22)29)14-6-13-26-15-18-7-5-8-19(25)24(18)28/h3-5,7-12,26,28H,6,13-15H2,1-2H3. The summed E-state index contributed by atoms with van der Waals surface area (Å²) in [6, 6.07) is 17.4. The highest BCUT2D eigenvalue weighted by Gasteiger charge is 2.29. The highest BCUT2D eigenvalue weighted by Crippen LogP contribution is 2.44. The van der Waals surface area contributed by atoms with Crippen LogP contribution in [0.5, 0.6) is 5.75 Å². The second-order valence-electron chi connectivity index (χ2n) is 7.52. The van der Waals surface area contributed by atoms with E-state index in [4.69, 9.17) is 11.6 Å². The maximum atomic E-state index is 13.1. The molecule has 3 aromatic rings. The van der Waals surface area contributed by atoms with E-state index >= 15 is 0 Å². The number of benzene rings is 3. The van der Waals surface area contributed by atoms with Crippen LogP contribution in [0.2, 0.25) is 5.02 Å². The van der Waals surface area contributed by atoms with Gasteiger partial charge < -0.3 is 15.3 Å². The first kappa shape index (κ1) is 20.9. The van der Waals surface area contributed by atoms with E-state index in [2.05, 4.69) is 36.2 Å². The van der Waals surface area contributed by atoms with E-state index in [0.29, 0.717) is 11.6 Å². The summed E-state index contributed by atoms with van der Waals surface area (Å²) in [6.07, 6.45) is 0.898. The minimum atomic E-state index is -1.17. The van der Waals surface area contributed by atoms with Crippen molar-refractivity contribution in [1.29, 1.82) is 0 Å². The molecule has 0 bridgehead atoms. The smallest absolute Gasteiger partial charge is 0.138 e. The second kappa shape index (κ2) is 8.80. The van der Waals surface area contributed by atoms with E-state index in [0.717, 1.165) is 46.2 Å². The van der Waals surface area contributed by atoms with Crippen molar-refractivity contribution < 1.29 is 9.32 Å². The molecule has 0 spiro atoms. The Balaban J connectivity index is 1.50. The van der Waals surface area contributed by atoms with Crippen LogP contribution in [0.25, 0.3) is 0 Å². The molecular formula is C24H25ClN2O2S. The summed E-state index contributed by atoms with van der Waals surface area (Å²) < 4.78 is 13.1. The molecule has 4 nitrogen and oxygen atoms in total. The van der Waals surface area contributed by atoms with E-state index in [1.54, 1.807) is 6.07 Å². The summed E-state index contributed by atoms with van der Waals surface area (Å²) in [5, 5.41) is 13.8. The zero-order chi connectivity index (χ0) is 21.3. The molecule has 0 amide bonds. The van der Waals surface area contributed by atoms with Gasteiger partial charge in [-0.25, -0.2) is 4.21 Å². The molecule has 3 aromatic carbocycles. The Morgan fingerprint density at radius 3 is 2.67 bits per heavy atom. The normalized spacial score (nSPS) is 15.0. The van der Waals surface area contributed by atoms with Crippen molar-refractivity contribution in [3.63, 3.8) is 0 Å². The average Bonchev–Trinajstić information content (AvgIpc) is 2.75. The molecule has 0 aliphatic carbocycles. The Morgan fingerprint density at radius 2 is 1.83 bits per heavy atom. The van der Waals surface area contributed by atoms with E-state index < -0.39 is 10.8 Å². The first-order valence-electron chi connectivity index (χ1n) is 10.0. The molecule has 0 radical (unpaired) electrons. The molecule has 156 valence electrons. The lowest BCUT2D eigenvalue weighted by Crippen LogP contribution is -2.28. The number of phenols is 1. The predicted molar refractivity (Wildman–Crippen MR) is 123 cm³/mol. The number of anilines is 2. The van der Waals surface area contributed by atoms with Crippen molar-refractivity contribution in [2.24, 2.45) is 0 Å². The molecule has 0 saturated heterocycles. The number of hydrogen-bond donors (Lipinski definition) is 2. The van der Waals surface area contributed by atoms with Crippen molar-refractivity contribution >= 4 is 33.8 Å². The SMILES string of the molecule is Cc1ccc2c(c1C)N(CCCNCc1cccc(Cl)c1O)c1ccccc1S2=O. The first-order valence-corrected chi connectivity index (χ1v) is 11.6. The third-order valence-electron chi connectivity index (χ3n) is 5.61. The van der Waals surface area contributed by atoms with Crippen molar-refractivity contribution in [3.05, 3.63) is 76.3 Å². The summed E-state index contributed by atoms with van der Waals surface area (Å²) in [7, 11) is -1.17. The fraction of sp³-hybridized carbons (Fsp3) is 0.250. The summed E-state index contributed by atoms with van der Waals surface area (Å²) in [4.78, 5) is 4.05. The molecule has 0 aromatic heterocycles. The third-order valence-corrected chi connectivity index (χ3v) is 7.39. The van der Waals surface area contributed by atoms with Crippen LogP contribution in [0.1, 0.15) is 23.1 Å². The average molecular weight is 441 g/mol. The molecule has 0 fully saturated rings. The number of nitrogens with zero attached hydrogens (tertiary/aromatic N) is 1. The lowest BCUT2D eigenvalue weighted by molar-refractivity contribution is 0.464. The van der Waals surface area contributed by atoms with Gasteiger partial charge in [0.1, 0.15) is 5.75 Å². The molecule has 1 atom stereocenters. The maximum absolute atomic E-state index is 13.1. The van der Waals surface area contributed by atoms with E-state index in [9.17, 15) is 9.32 Å². The Kier molecular flexibility index (Phi) is 6.14. The fourth-order valence-electron chi connectivity index (χ4n) is 3.86. The number of aryl methyl sites for hydroxylation is 1. The number of rotatable bonds is 6. The Hall–Kier alpha value is -2.34. The summed E-state index contributed by atoms with van der Waals surface area (Å²) >= 11 is 5.98. The summed E-state index contributed by atoms with van der Waals surface area (Å²) in [5.41, 5.74) is 5.25. The lowest BCUT2D eigenvalue weighted by atomic mass is 10.1. The van der Waals surface area contributed by atoms with Gasteiger partial charge in [0.25, 0.3) is 0 Å². The fourth-order valence-corrected chi connectivity index (χ4v) is 5.49. The van der Waals surface area contributed by atoms with Crippen LogP contribution in [0, 0.1) is 13.8 Å². The lowest BCUT2D eigenvalue weighted by Gasteiger charge is -2.34. The zero-order valence-electron chi connectivity index (χ0n) is 17.1. The van der Waals surface area contributed by atoms with Gasteiger partial charge in [0, 0.05) is 18.7 Å². The van der Waals surface area contributed by atoms with Gasteiger partial charge in [0.2, 0.25) is 0 Å². The number of fused-ring (bicyclic) bond motifs is 2. The molecule has 4 rings (SSSR count). The highest BCUT2D eigenvalue weighted by atomic mass is 35.5. The molecular weight excluding hydrogens is 416 g/mol. The van der Waals surface area contributed by atoms with Gasteiger partial charge in [-0.2, -0.15) is 0 Å². The molecule has 6 heteroatoms. The van der Waals surface area contributed by atoms with Crippen LogP contribution in [0.3, 0.4) is 0 Å². The van der Waals surface area contributed by atoms with Gasteiger partial charge >= 0.3 is 0 Å². The molecule has 1 aliphatic heterocycles. The molecule has 0 saturated carbocycles. The van der Waals surface area contributed by atoms with Gasteiger partial charge in [-0.1, -0.05) is 41.9 Å². The molecule has 2 N–H and O–H groups in total. The van der Waals surface area contributed by atoms with E-state index in [1.807, 2.05) is 36.4 Å². The second-order valence-corrected chi connectivity index (χ2v) is 9.34. The molecule has 1 unspecified atom stereocenters. The summed E-state index contributed by atoms with van der Waals surface area (Å²) in [6.45, 7) is 6.35. The Bertz CT molecular complexity index is 1120. The summed E-state index contributed by atoms with van der Waals surface area (Å²) in [5.74, 6) is 0.138. The highest BCUT2D eigenvalue weighted by molar-refractivity contribution is 7.85. The minimum absolute atomic E-state index is 0.138. The molecule has 30 heavy (non-hydrogen) atoms. The topological polar surface area (TPSA) is 52.6 Å². The quantitative estimate of drug-likeness (QED) is 0.499.